The Morgan fingerprint density at radius 1 is 1.30 bits per heavy atom. The third kappa shape index (κ3) is 3.77. The molecule has 0 unspecified atom stereocenters. The van der Waals surface area contributed by atoms with Gasteiger partial charge >= 0.3 is 6.18 Å². The zero-order chi connectivity index (χ0) is 19.8. The van der Waals surface area contributed by atoms with E-state index in [2.05, 4.69) is 13.8 Å². The number of hydrogen-bond acceptors (Lipinski definition) is 2. The third-order valence-corrected chi connectivity index (χ3v) is 6.19. The van der Waals surface area contributed by atoms with Crippen molar-refractivity contribution in [3.05, 3.63) is 41.5 Å². The first-order valence-corrected chi connectivity index (χ1v) is 9.56. The van der Waals surface area contributed by atoms with Gasteiger partial charge in [-0.15, -0.1) is 0 Å². The number of nitrogens with zero attached hydrogens (tertiary/aromatic N) is 1. The molecule has 3 rings (SSSR count). The lowest BCUT2D eigenvalue weighted by molar-refractivity contribution is -0.144. The Bertz CT molecular complexity index is 741. The lowest BCUT2D eigenvalue weighted by Crippen LogP contribution is -2.47. The Hall–Kier alpha value is -1.82. The first-order chi connectivity index (χ1) is 12.6. The molecule has 1 aromatic carbocycles. The Labute approximate surface area is 158 Å². The van der Waals surface area contributed by atoms with Crippen LogP contribution in [0, 0.1) is 11.3 Å². The van der Waals surface area contributed by atoms with Crippen molar-refractivity contribution in [3.63, 3.8) is 0 Å². The van der Waals surface area contributed by atoms with Gasteiger partial charge in [-0.3, -0.25) is 4.79 Å². The summed E-state index contributed by atoms with van der Waals surface area (Å²) in [6.45, 7) is 4.91. The predicted molar refractivity (Wildman–Crippen MR) is 99.7 cm³/mol. The molecule has 0 radical (unpaired) electrons. The predicted octanol–water partition coefficient (Wildman–Crippen LogP) is 4.47. The van der Waals surface area contributed by atoms with Crippen molar-refractivity contribution in [3.8, 4) is 0 Å². The van der Waals surface area contributed by atoms with Gasteiger partial charge in [-0.25, -0.2) is 0 Å². The maximum Gasteiger partial charge on any atom is 0.416 e. The number of halogens is 3. The van der Waals surface area contributed by atoms with E-state index in [0.717, 1.165) is 18.9 Å². The van der Waals surface area contributed by atoms with Crippen LogP contribution in [0.5, 0.6) is 0 Å². The molecular weight excluding hydrogens is 353 g/mol. The van der Waals surface area contributed by atoms with E-state index in [1.54, 1.807) is 17.0 Å². The van der Waals surface area contributed by atoms with Gasteiger partial charge in [0.2, 0.25) is 5.91 Å². The van der Waals surface area contributed by atoms with Crippen LogP contribution in [0.25, 0.3) is 5.57 Å². The number of carbonyl (C=O) groups is 1. The molecule has 1 saturated carbocycles. The van der Waals surface area contributed by atoms with E-state index in [9.17, 15) is 18.0 Å². The van der Waals surface area contributed by atoms with Gasteiger partial charge in [-0.1, -0.05) is 38.1 Å². The van der Waals surface area contributed by atoms with Gasteiger partial charge in [-0.2, -0.15) is 13.2 Å². The summed E-state index contributed by atoms with van der Waals surface area (Å²) in [6.07, 6.45) is 0.139. The van der Waals surface area contributed by atoms with E-state index >= 15 is 0 Å². The molecule has 27 heavy (non-hydrogen) atoms. The number of alkyl halides is 3. The number of rotatable bonds is 3. The van der Waals surface area contributed by atoms with Crippen molar-refractivity contribution in [1.29, 1.82) is 0 Å². The summed E-state index contributed by atoms with van der Waals surface area (Å²) in [5.41, 5.74) is 5.91. The molecule has 1 aromatic rings. The third-order valence-electron chi connectivity index (χ3n) is 6.19. The molecule has 2 N–H and O–H groups in total. The molecular formula is C21H27F3N2O. The van der Waals surface area contributed by atoms with Crippen LogP contribution in [0.1, 0.15) is 50.7 Å². The van der Waals surface area contributed by atoms with Crippen LogP contribution in [0.3, 0.4) is 0 Å². The van der Waals surface area contributed by atoms with E-state index in [-0.39, 0.29) is 23.4 Å². The van der Waals surface area contributed by atoms with E-state index in [0.29, 0.717) is 31.5 Å². The lowest BCUT2D eigenvalue weighted by Gasteiger charge is -2.39. The minimum absolute atomic E-state index is 0.0471. The zero-order valence-corrected chi connectivity index (χ0v) is 15.9. The van der Waals surface area contributed by atoms with Crippen LogP contribution in [0.15, 0.2) is 30.3 Å². The van der Waals surface area contributed by atoms with Crippen molar-refractivity contribution in [2.24, 2.45) is 17.1 Å². The molecule has 6 heteroatoms. The molecule has 3 nitrogen and oxygen atoms in total. The van der Waals surface area contributed by atoms with Gasteiger partial charge in [-0.05, 0) is 48.8 Å². The average molecular weight is 380 g/mol. The summed E-state index contributed by atoms with van der Waals surface area (Å²) in [5, 5.41) is 0. The summed E-state index contributed by atoms with van der Waals surface area (Å²) in [6, 6.07) is 5.70. The number of amides is 1. The summed E-state index contributed by atoms with van der Waals surface area (Å²) in [4.78, 5) is 15.0. The van der Waals surface area contributed by atoms with Crippen molar-refractivity contribution < 1.29 is 18.0 Å². The van der Waals surface area contributed by atoms with Crippen LogP contribution in [-0.2, 0) is 11.0 Å². The molecule has 0 saturated heterocycles. The van der Waals surface area contributed by atoms with E-state index < -0.39 is 17.2 Å². The Kier molecular flexibility index (Phi) is 5.39. The van der Waals surface area contributed by atoms with Gasteiger partial charge < -0.3 is 10.6 Å². The Morgan fingerprint density at radius 3 is 2.52 bits per heavy atom. The second-order valence-electron chi connectivity index (χ2n) is 8.09. The summed E-state index contributed by atoms with van der Waals surface area (Å²) in [5.74, 6) is 0.291. The van der Waals surface area contributed by atoms with Gasteiger partial charge in [0.15, 0.2) is 0 Å². The molecule has 1 aliphatic heterocycles. The van der Waals surface area contributed by atoms with Crippen LogP contribution < -0.4 is 5.73 Å². The highest BCUT2D eigenvalue weighted by Gasteiger charge is 2.48. The van der Waals surface area contributed by atoms with E-state index in [4.69, 9.17) is 5.73 Å². The Balaban J connectivity index is 1.81. The number of hydrogen-bond donors (Lipinski definition) is 1. The monoisotopic (exact) mass is 380 g/mol. The molecule has 1 amide bonds. The standard InChI is InChI=1S/C21H27F3N2O/c1-14(2)20(10-7-16(25)13-20)19(27)26-11-8-15(9-12-26)17-5-3-4-6-18(17)21(22,23)24/h3-6,8,14,16H,7,9-13,25H2,1-2H3/t16-,20+/m1/s1. The Morgan fingerprint density at radius 2 is 2.00 bits per heavy atom. The highest BCUT2D eigenvalue weighted by atomic mass is 19.4. The molecule has 2 aliphatic rings. The fourth-order valence-electron chi connectivity index (χ4n) is 4.50. The average Bonchev–Trinajstić information content (AvgIpc) is 3.04. The first kappa shape index (κ1) is 19.9. The number of nitrogens with two attached hydrogens (primary N) is 1. The van der Waals surface area contributed by atoms with Crippen molar-refractivity contribution in [2.75, 3.05) is 13.1 Å². The highest BCUT2D eigenvalue weighted by molar-refractivity contribution is 5.85. The normalized spacial score (nSPS) is 26.4. The molecule has 148 valence electrons. The maximum atomic E-state index is 13.3. The summed E-state index contributed by atoms with van der Waals surface area (Å²) < 4.78 is 39.9. The van der Waals surface area contributed by atoms with Gasteiger partial charge in [0.1, 0.15) is 0 Å². The summed E-state index contributed by atoms with van der Waals surface area (Å²) >= 11 is 0. The van der Waals surface area contributed by atoms with Crippen molar-refractivity contribution in [2.45, 2.75) is 51.7 Å². The fourth-order valence-corrected chi connectivity index (χ4v) is 4.50. The van der Waals surface area contributed by atoms with E-state index in [1.165, 1.54) is 12.1 Å². The van der Waals surface area contributed by atoms with Crippen LogP contribution in [0.4, 0.5) is 13.2 Å². The first-order valence-electron chi connectivity index (χ1n) is 9.56. The highest BCUT2D eigenvalue weighted by Crippen LogP contribution is 2.46. The van der Waals surface area contributed by atoms with E-state index in [1.807, 2.05) is 0 Å². The molecule has 0 aromatic heterocycles. The number of benzene rings is 1. The topological polar surface area (TPSA) is 46.3 Å². The molecule has 0 spiro atoms. The molecule has 2 atom stereocenters. The van der Waals surface area contributed by atoms with Crippen LogP contribution in [-0.4, -0.2) is 29.9 Å². The quantitative estimate of drug-likeness (QED) is 0.841. The largest absolute Gasteiger partial charge is 0.416 e. The summed E-state index contributed by atoms with van der Waals surface area (Å²) in [7, 11) is 0. The van der Waals surface area contributed by atoms with Gasteiger partial charge in [0, 0.05) is 19.1 Å². The van der Waals surface area contributed by atoms with Gasteiger partial charge in [0.05, 0.1) is 11.0 Å². The van der Waals surface area contributed by atoms with Gasteiger partial charge in [0.25, 0.3) is 0 Å². The van der Waals surface area contributed by atoms with Crippen LogP contribution in [0.2, 0.25) is 0 Å². The molecule has 1 heterocycles. The number of carbonyl (C=O) groups excluding carboxylic acids is 1. The van der Waals surface area contributed by atoms with Crippen LogP contribution >= 0.6 is 0 Å². The molecule has 1 aliphatic carbocycles. The second-order valence-corrected chi connectivity index (χ2v) is 8.09. The second kappa shape index (κ2) is 7.30. The van der Waals surface area contributed by atoms with Crippen molar-refractivity contribution >= 4 is 11.5 Å². The zero-order valence-electron chi connectivity index (χ0n) is 15.9. The minimum atomic E-state index is -4.38. The molecule has 0 bridgehead atoms. The fraction of sp³-hybridized carbons (Fsp3) is 0.571. The minimum Gasteiger partial charge on any atom is -0.338 e. The smallest absolute Gasteiger partial charge is 0.338 e. The molecule has 1 fully saturated rings. The lowest BCUT2D eigenvalue weighted by atomic mass is 9.74. The maximum absolute atomic E-state index is 13.3. The van der Waals surface area contributed by atoms with Crippen molar-refractivity contribution in [1.82, 2.24) is 4.90 Å². The SMILES string of the molecule is CC(C)[C@]1(C(=O)N2CC=C(c3ccccc3C(F)(F)F)CC2)CC[C@@H](N)C1.